The second-order valence-corrected chi connectivity index (χ2v) is 7.25. The molecule has 0 bridgehead atoms. The summed E-state index contributed by atoms with van der Waals surface area (Å²) in [7, 11) is 0. The first-order valence-corrected chi connectivity index (χ1v) is 9.70. The number of unbranched alkanes of at least 4 members (excludes halogenated alkanes) is 1. The summed E-state index contributed by atoms with van der Waals surface area (Å²) in [6.07, 6.45) is 5.52. The molecule has 2 aliphatic heterocycles. The molecule has 2 heterocycles. The van der Waals surface area contributed by atoms with Crippen molar-refractivity contribution >= 4 is 17.3 Å². The van der Waals surface area contributed by atoms with Gasteiger partial charge in [-0.2, -0.15) is 0 Å². The maximum atomic E-state index is 14.7. The lowest BCUT2D eigenvalue weighted by Gasteiger charge is -2.36. The highest BCUT2D eigenvalue weighted by Crippen LogP contribution is 2.25. The molecule has 0 saturated carbocycles. The lowest BCUT2D eigenvalue weighted by Crippen LogP contribution is -2.47. The Bertz CT molecular complexity index is 697. The molecular weight excluding hydrogens is 343 g/mol. The molecule has 2 fully saturated rings. The summed E-state index contributed by atoms with van der Waals surface area (Å²) in [5, 5.41) is 5.87. The summed E-state index contributed by atoms with van der Waals surface area (Å²) in [5.74, 6) is -0.357. The van der Waals surface area contributed by atoms with Gasteiger partial charge in [0.05, 0.1) is 5.69 Å². The van der Waals surface area contributed by atoms with Gasteiger partial charge in [-0.25, -0.2) is 4.39 Å². The SMILES string of the molecule is C=CCCCN1CCN(c2ccc(NC3CCC(=C)NC3=O)cc2F)CC1. The van der Waals surface area contributed by atoms with Crippen molar-refractivity contribution in [3.8, 4) is 0 Å². The van der Waals surface area contributed by atoms with E-state index in [1.807, 2.05) is 18.2 Å². The Morgan fingerprint density at radius 2 is 2.07 bits per heavy atom. The number of carbonyl (C=O) groups excluding carboxylic acids is 1. The molecule has 2 saturated heterocycles. The van der Waals surface area contributed by atoms with Crippen LogP contribution in [0.2, 0.25) is 0 Å². The monoisotopic (exact) mass is 372 g/mol. The van der Waals surface area contributed by atoms with Crippen molar-refractivity contribution in [3.05, 3.63) is 48.9 Å². The second-order valence-electron chi connectivity index (χ2n) is 7.25. The van der Waals surface area contributed by atoms with Crippen LogP contribution in [0.15, 0.2) is 43.1 Å². The van der Waals surface area contributed by atoms with Crippen molar-refractivity contribution in [2.75, 3.05) is 42.9 Å². The fourth-order valence-electron chi connectivity index (χ4n) is 3.64. The third-order valence-corrected chi connectivity index (χ3v) is 5.24. The van der Waals surface area contributed by atoms with Gasteiger partial charge in [0.2, 0.25) is 5.91 Å². The van der Waals surface area contributed by atoms with Crippen molar-refractivity contribution in [1.29, 1.82) is 0 Å². The average Bonchev–Trinajstić information content (AvgIpc) is 2.65. The molecule has 3 rings (SSSR count). The fourth-order valence-corrected chi connectivity index (χ4v) is 3.64. The van der Waals surface area contributed by atoms with Gasteiger partial charge in [0.1, 0.15) is 11.9 Å². The summed E-state index contributed by atoms with van der Waals surface area (Å²) in [6.45, 7) is 12.1. The van der Waals surface area contributed by atoms with E-state index in [0.29, 0.717) is 17.8 Å². The predicted octanol–water partition coefficient (Wildman–Crippen LogP) is 3.12. The van der Waals surface area contributed by atoms with Gasteiger partial charge in [-0.3, -0.25) is 9.69 Å². The minimum absolute atomic E-state index is 0.108. The van der Waals surface area contributed by atoms with Gasteiger partial charge in [0.25, 0.3) is 0 Å². The first kappa shape index (κ1) is 19.4. The van der Waals surface area contributed by atoms with E-state index in [-0.39, 0.29) is 17.8 Å². The van der Waals surface area contributed by atoms with E-state index in [9.17, 15) is 9.18 Å². The third kappa shape index (κ3) is 5.10. The predicted molar refractivity (Wildman–Crippen MR) is 108 cm³/mol. The highest BCUT2D eigenvalue weighted by atomic mass is 19.1. The van der Waals surface area contributed by atoms with E-state index in [4.69, 9.17) is 0 Å². The molecule has 5 nitrogen and oxygen atoms in total. The maximum Gasteiger partial charge on any atom is 0.246 e. The van der Waals surface area contributed by atoms with Gasteiger partial charge in [0.15, 0.2) is 0 Å². The number of amides is 1. The van der Waals surface area contributed by atoms with Crippen LogP contribution < -0.4 is 15.5 Å². The molecule has 2 N–H and O–H groups in total. The first-order chi connectivity index (χ1) is 13.1. The number of piperidine rings is 1. The third-order valence-electron chi connectivity index (χ3n) is 5.24. The van der Waals surface area contributed by atoms with Gasteiger partial charge >= 0.3 is 0 Å². The molecule has 0 aliphatic carbocycles. The number of hydrogen-bond donors (Lipinski definition) is 2. The summed E-state index contributed by atoms with van der Waals surface area (Å²) < 4.78 is 14.7. The van der Waals surface area contributed by atoms with Crippen LogP contribution in [0.5, 0.6) is 0 Å². The summed E-state index contributed by atoms with van der Waals surface area (Å²) in [5.41, 5.74) is 2.00. The average molecular weight is 372 g/mol. The van der Waals surface area contributed by atoms with Crippen LogP contribution >= 0.6 is 0 Å². The number of piperazine rings is 1. The molecule has 0 aromatic heterocycles. The maximum absolute atomic E-state index is 14.7. The van der Waals surface area contributed by atoms with Crippen molar-refractivity contribution in [3.63, 3.8) is 0 Å². The zero-order chi connectivity index (χ0) is 19.2. The zero-order valence-electron chi connectivity index (χ0n) is 15.8. The Morgan fingerprint density at radius 3 is 2.74 bits per heavy atom. The topological polar surface area (TPSA) is 47.6 Å². The molecule has 1 atom stereocenters. The second kappa shape index (κ2) is 9.04. The first-order valence-electron chi connectivity index (χ1n) is 9.70. The molecule has 0 spiro atoms. The molecule has 2 aliphatic rings. The van der Waals surface area contributed by atoms with E-state index in [0.717, 1.165) is 57.7 Å². The molecule has 1 amide bonds. The standard InChI is InChI=1S/C21H29FN4O/c1-3-4-5-10-25-11-13-26(14-12-25)20-9-7-17(15-18(20)22)24-19-8-6-16(2)23-21(19)27/h3,7,9,15,19,24H,1-2,4-6,8,10-14H2,(H,23,27). The van der Waals surface area contributed by atoms with Gasteiger partial charge in [-0.05, 0) is 50.4 Å². The Hall–Kier alpha value is -2.34. The number of carbonyl (C=O) groups is 1. The number of rotatable bonds is 7. The van der Waals surface area contributed by atoms with E-state index < -0.39 is 0 Å². The lowest BCUT2D eigenvalue weighted by atomic mass is 10.0. The zero-order valence-corrected chi connectivity index (χ0v) is 15.8. The Kier molecular flexibility index (Phi) is 6.50. The van der Waals surface area contributed by atoms with Crippen LogP contribution in [0.4, 0.5) is 15.8 Å². The van der Waals surface area contributed by atoms with Crippen LogP contribution in [0, 0.1) is 5.82 Å². The largest absolute Gasteiger partial charge is 0.374 e. The number of halogens is 1. The summed E-state index contributed by atoms with van der Waals surface area (Å²) in [6, 6.07) is 4.80. The minimum Gasteiger partial charge on any atom is -0.374 e. The number of nitrogens with one attached hydrogen (secondary N) is 2. The number of nitrogens with zero attached hydrogens (tertiary/aromatic N) is 2. The van der Waals surface area contributed by atoms with Crippen LogP contribution in [-0.2, 0) is 4.79 Å². The van der Waals surface area contributed by atoms with Crippen LogP contribution in [-0.4, -0.2) is 49.6 Å². The van der Waals surface area contributed by atoms with Crippen molar-refractivity contribution in [1.82, 2.24) is 10.2 Å². The highest BCUT2D eigenvalue weighted by Gasteiger charge is 2.24. The molecule has 146 valence electrons. The Balaban J connectivity index is 1.55. The molecule has 6 heteroatoms. The number of anilines is 2. The van der Waals surface area contributed by atoms with Gasteiger partial charge in [0, 0.05) is 37.6 Å². The highest BCUT2D eigenvalue weighted by molar-refractivity contribution is 5.87. The minimum atomic E-state index is -0.347. The number of benzene rings is 1. The lowest BCUT2D eigenvalue weighted by molar-refractivity contribution is -0.122. The van der Waals surface area contributed by atoms with Gasteiger partial charge in [-0.1, -0.05) is 12.7 Å². The molecule has 1 aromatic rings. The molecular formula is C21H29FN4O. The summed E-state index contributed by atoms with van der Waals surface area (Å²) >= 11 is 0. The van der Waals surface area contributed by atoms with Crippen LogP contribution in [0.1, 0.15) is 25.7 Å². The number of allylic oxidation sites excluding steroid dienone is 2. The van der Waals surface area contributed by atoms with E-state index in [1.54, 1.807) is 0 Å². The van der Waals surface area contributed by atoms with Crippen molar-refractivity contribution < 1.29 is 9.18 Å². The Morgan fingerprint density at radius 1 is 1.30 bits per heavy atom. The Labute approximate surface area is 160 Å². The van der Waals surface area contributed by atoms with Crippen molar-refractivity contribution in [2.24, 2.45) is 0 Å². The fraction of sp³-hybridized carbons (Fsp3) is 0.476. The van der Waals surface area contributed by atoms with E-state index in [1.165, 1.54) is 6.07 Å². The quantitative estimate of drug-likeness (QED) is 0.570. The molecule has 27 heavy (non-hydrogen) atoms. The normalized spacial score (nSPS) is 21.1. The van der Waals surface area contributed by atoms with Crippen LogP contribution in [0.25, 0.3) is 0 Å². The van der Waals surface area contributed by atoms with Crippen molar-refractivity contribution in [2.45, 2.75) is 31.7 Å². The van der Waals surface area contributed by atoms with E-state index >= 15 is 0 Å². The molecule has 0 radical (unpaired) electrons. The summed E-state index contributed by atoms with van der Waals surface area (Å²) in [4.78, 5) is 16.5. The van der Waals surface area contributed by atoms with Gasteiger partial charge in [-0.15, -0.1) is 6.58 Å². The van der Waals surface area contributed by atoms with E-state index in [2.05, 4.69) is 33.6 Å². The number of hydrogen-bond acceptors (Lipinski definition) is 4. The molecule has 1 unspecified atom stereocenters. The van der Waals surface area contributed by atoms with Gasteiger partial charge < -0.3 is 15.5 Å². The molecule has 1 aromatic carbocycles. The smallest absolute Gasteiger partial charge is 0.246 e. The van der Waals surface area contributed by atoms with Crippen LogP contribution in [0.3, 0.4) is 0 Å².